The van der Waals surface area contributed by atoms with Crippen LogP contribution in [-0.4, -0.2) is 22.3 Å². The Bertz CT molecular complexity index is 623. The minimum atomic E-state index is -0.311. The van der Waals surface area contributed by atoms with Crippen molar-refractivity contribution in [3.8, 4) is 0 Å². The smallest absolute Gasteiger partial charge is 0.278 e. The molecule has 3 aliphatic rings. The maximum Gasteiger partial charge on any atom is 0.278 e. The van der Waals surface area contributed by atoms with Crippen LogP contribution in [0.25, 0.3) is 0 Å². The molecule has 23 heavy (non-hydrogen) atoms. The monoisotopic (exact) mass is 311 g/mol. The normalized spacial score (nSPS) is 23.4. The first-order chi connectivity index (χ1) is 11.3. The van der Waals surface area contributed by atoms with Crippen LogP contribution in [0.4, 0.5) is 5.69 Å². The molecular weight excluding hydrogens is 286 g/mol. The summed E-state index contributed by atoms with van der Waals surface area (Å²) < 4.78 is 0. The zero-order chi connectivity index (χ0) is 15.7. The molecule has 1 N–H and O–H groups in total. The van der Waals surface area contributed by atoms with Gasteiger partial charge < -0.3 is 5.32 Å². The first kappa shape index (κ1) is 14.7. The summed E-state index contributed by atoms with van der Waals surface area (Å²) >= 11 is 0. The molecule has 1 aromatic carbocycles. The van der Waals surface area contributed by atoms with Gasteiger partial charge in [-0.25, -0.2) is 5.01 Å². The van der Waals surface area contributed by atoms with Gasteiger partial charge >= 0.3 is 0 Å². The third kappa shape index (κ3) is 2.64. The van der Waals surface area contributed by atoms with E-state index in [0.29, 0.717) is 0 Å². The van der Waals surface area contributed by atoms with E-state index in [1.165, 1.54) is 31.4 Å². The Balaban J connectivity index is 1.74. The van der Waals surface area contributed by atoms with E-state index >= 15 is 0 Å². The molecule has 122 valence electrons. The van der Waals surface area contributed by atoms with Gasteiger partial charge in [0.25, 0.3) is 5.91 Å². The van der Waals surface area contributed by atoms with Crippen LogP contribution in [-0.2, 0) is 0 Å². The van der Waals surface area contributed by atoms with Crippen molar-refractivity contribution in [2.24, 2.45) is 5.10 Å². The molecule has 2 aliphatic carbocycles. The van der Waals surface area contributed by atoms with Crippen molar-refractivity contribution in [1.82, 2.24) is 5.01 Å². The maximum atomic E-state index is 13.1. The molecule has 2 fully saturated rings. The standard InChI is InChI=1S/C19H25N3O/c23-18-16-11-5-6-12-17(16)20-19(13-7-2-8-14-19)22(18)21-15-9-3-1-4-10-15/h5-6,11-12,20H,1-4,7-10,13-14H2. The van der Waals surface area contributed by atoms with E-state index in [0.717, 1.165) is 49.8 Å². The Morgan fingerprint density at radius 2 is 1.65 bits per heavy atom. The summed E-state index contributed by atoms with van der Waals surface area (Å²) in [5, 5.41) is 10.4. The van der Waals surface area contributed by atoms with Crippen LogP contribution in [0.2, 0.25) is 0 Å². The van der Waals surface area contributed by atoms with Gasteiger partial charge in [0.05, 0.1) is 5.56 Å². The summed E-state index contributed by atoms with van der Waals surface area (Å²) in [6.07, 6.45) is 11.3. The number of benzene rings is 1. The number of carbonyl (C=O) groups is 1. The Morgan fingerprint density at radius 3 is 2.43 bits per heavy atom. The van der Waals surface area contributed by atoms with E-state index in [2.05, 4.69) is 5.32 Å². The van der Waals surface area contributed by atoms with E-state index in [9.17, 15) is 4.79 Å². The maximum absolute atomic E-state index is 13.1. The van der Waals surface area contributed by atoms with Crippen LogP contribution in [0, 0.1) is 0 Å². The number of nitrogens with one attached hydrogen (secondary N) is 1. The number of nitrogens with zero attached hydrogens (tertiary/aromatic N) is 2. The second kappa shape index (κ2) is 5.99. The molecule has 0 radical (unpaired) electrons. The molecule has 1 spiro atoms. The molecule has 4 heteroatoms. The number of hydrogen-bond donors (Lipinski definition) is 1. The lowest BCUT2D eigenvalue weighted by molar-refractivity contribution is 0.0406. The van der Waals surface area contributed by atoms with Crippen molar-refractivity contribution in [2.75, 3.05) is 5.32 Å². The zero-order valence-electron chi connectivity index (χ0n) is 13.7. The van der Waals surface area contributed by atoms with Crippen molar-refractivity contribution < 1.29 is 4.79 Å². The first-order valence-corrected chi connectivity index (χ1v) is 9.07. The average Bonchev–Trinajstić information content (AvgIpc) is 2.60. The van der Waals surface area contributed by atoms with Gasteiger partial charge in [-0.05, 0) is 63.5 Å². The van der Waals surface area contributed by atoms with Crippen molar-refractivity contribution in [2.45, 2.75) is 69.9 Å². The fraction of sp³-hybridized carbons (Fsp3) is 0.579. The average molecular weight is 311 g/mol. The van der Waals surface area contributed by atoms with E-state index in [-0.39, 0.29) is 11.6 Å². The number of hydrazone groups is 1. The lowest BCUT2D eigenvalue weighted by Gasteiger charge is -2.48. The van der Waals surface area contributed by atoms with Crippen molar-refractivity contribution in [1.29, 1.82) is 0 Å². The lowest BCUT2D eigenvalue weighted by Crippen LogP contribution is -2.58. The highest BCUT2D eigenvalue weighted by atomic mass is 16.2. The molecular formula is C19H25N3O. The van der Waals surface area contributed by atoms with Crippen LogP contribution in [0.1, 0.15) is 74.6 Å². The van der Waals surface area contributed by atoms with Gasteiger partial charge in [0.1, 0.15) is 5.66 Å². The molecule has 1 aromatic rings. The van der Waals surface area contributed by atoms with Crippen LogP contribution in [0.5, 0.6) is 0 Å². The van der Waals surface area contributed by atoms with E-state index in [1.807, 2.05) is 29.3 Å². The molecule has 0 unspecified atom stereocenters. The number of carbonyl (C=O) groups excluding carboxylic acids is 1. The second-order valence-corrected chi connectivity index (χ2v) is 7.11. The van der Waals surface area contributed by atoms with Gasteiger partial charge in [-0.2, -0.15) is 5.10 Å². The van der Waals surface area contributed by atoms with E-state index in [4.69, 9.17) is 5.10 Å². The van der Waals surface area contributed by atoms with Crippen LogP contribution >= 0.6 is 0 Å². The van der Waals surface area contributed by atoms with Gasteiger partial charge in [-0.1, -0.05) is 25.0 Å². The summed E-state index contributed by atoms with van der Waals surface area (Å²) in [7, 11) is 0. The highest BCUT2D eigenvalue weighted by molar-refractivity contribution is 6.02. The third-order valence-electron chi connectivity index (χ3n) is 5.48. The van der Waals surface area contributed by atoms with E-state index < -0.39 is 0 Å². The summed E-state index contributed by atoms with van der Waals surface area (Å²) in [5.41, 5.74) is 2.62. The molecule has 1 aliphatic heterocycles. The Labute approximate surface area is 137 Å². The summed E-state index contributed by atoms with van der Waals surface area (Å²) in [4.78, 5) is 13.1. The molecule has 4 rings (SSSR count). The number of para-hydroxylation sites is 1. The SMILES string of the molecule is O=C1c2ccccc2NC2(CCCCC2)N1N=C1CCCCC1. The molecule has 4 nitrogen and oxygen atoms in total. The summed E-state index contributed by atoms with van der Waals surface area (Å²) in [5.74, 6) is 0.0688. The quantitative estimate of drug-likeness (QED) is 0.828. The van der Waals surface area contributed by atoms with Crippen LogP contribution < -0.4 is 5.32 Å². The third-order valence-corrected chi connectivity index (χ3v) is 5.48. The Hall–Kier alpha value is -1.84. The molecule has 1 amide bonds. The Kier molecular flexibility index (Phi) is 3.83. The highest BCUT2D eigenvalue weighted by Gasteiger charge is 2.45. The number of rotatable bonds is 1. The first-order valence-electron chi connectivity index (χ1n) is 9.07. The molecule has 0 saturated heterocycles. The van der Waals surface area contributed by atoms with Gasteiger partial charge in [-0.15, -0.1) is 0 Å². The van der Waals surface area contributed by atoms with Crippen molar-refractivity contribution in [3.05, 3.63) is 29.8 Å². The van der Waals surface area contributed by atoms with Gasteiger partial charge in [0.15, 0.2) is 0 Å². The molecule has 0 atom stereocenters. The lowest BCUT2D eigenvalue weighted by atomic mass is 9.85. The van der Waals surface area contributed by atoms with Gasteiger partial charge in [-0.3, -0.25) is 4.79 Å². The van der Waals surface area contributed by atoms with Crippen molar-refractivity contribution in [3.63, 3.8) is 0 Å². The molecule has 2 saturated carbocycles. The molecule has 0 bridgehead atoms. The minimum Gasteiger partial charge on any atom is -0.360 e. The zero-order valence-corrected chi connectivity index (χ0v) is 13.7. The predicted molar refractivity (Wildman–Crippen MR) is 92.6 cm³/mol. The van der Waals surface area contributed by atoms with Crippen LogP contribution in [0.3, 0.4) is 0 Å². The number of anilines is 1. The number of fused-ring (bicyclic) bond motifs is 1. The fourth-order valence-electron chi connectivity index (χ4n) is 4.21. The molecule has 0 aromatic heterocycles. The highest BCUT2D eigenvalue weighted by Crippen LogP contribution is 2.40. The van der Waals surface area contributed by atoms with Gasteiger partial charge in [0, 0.05) is 11.4 Å². The fourth-order valence-corrected chi connectivity index (χ4v) is 4.21. The number of hydrogen-bond acceptors (Lipinski definition) is 3. The van der Waals surface area contributed by atoms with E-state index in [1.54, 1.807) is 0 Å². The van der Waals surface area contributed by atoms with Crippen molar-refractivity contribution >= 4 is 17.3 Å². The minimum absolute atomic E-state index is 0.0688. The second-order valence-electron chi connectivity index (χ2n) is 7.11. The molecule has 1 heterocycles. The van der Waals surface area contributed by atoms with Gasteiger partial charge in [0.2, 0.25) is 0 Å². The van der Waals surface area contributed by atoms with Crippen LogP contribution in [0.15, 0.2) is 29.4 Å². The predicted octanol–water partition coefficient (Wildman–Crippen LogP) is 4.53. The number of amides is 1. The topological polar surface area (TPSA) is 44.7 Å². The summed E-state index contributed by atoms with van der Waals surface area (Å²) in [6.45, 7) is 0. The largest absolute Gasteiger partial charge is 0.360 e. The Morgan fingerprint density at radius 1 is 0.957 bits per heavy atom. The summed E-state index contributed by atoms with van der Waals surface area (Å²) in [6, 6.07) is 7.87.